The van der Waals surface area contributed by atoms with Crippen LogP contribution >= 0.6 is 11.5 Å². The number of likely N-dealkylation sites (tertiary alicyclic amines) is 2. The van der Waals surface area contributed by atoms with Crippen LogP contribution in [0.3, 0.4) is 0 Å². The predicted molar refractivity (Wildman–Crippen MR) is 164 cm³/mol. The lowest BCUT2D eigenvalue weighted by molar-refractivity contribution is 0.0639. The molecular weight excluding hydrogens is 576 g/mol. The van der Waals surface area contributed by atoms with E-state index in [1.807, 2.05) is 35.2 Å². The van der Waals surface area contributed by atoms with Crippen LogP contribution < -0.4 is 4.74 Å². The van der Waals surface area contributed by atoms with E-state index in [4.69, 9.17) is 9.72 Å². The summed E-state index contributed by atoms with van der Waals surface area (Å²) in [4.78, 5) is 36.0. The number of nitriles is 1. The summed E-state index contributed by atoms with van der Waals surface area (Å²) in [6, 6.07) is 17.2. The Morgan fingerprint density at radius 1 is 0.955 bits per heavy atom. The molecule has 0 bridgehead atoms. The highest BCUT2D eigenvalue weighted by Gasteiger charge is 2.39. The van der Waals surface area contributed by atoms with Crippen LogP contribution in [0.15, 0.2) is 60.9 Å². The molecule has 2 saturated heterocycles. The molecule has 0 saturated carbocycles. The molecule has 222 valence electrons. The van der Waals surface area contributed by atoms with Crippen LogP contribution in [0.1, 0.15) is 58.5 Å². The van der Waals surface area contributed by atoms with Gasteiger partial charge in [-0.25, -0.2) is 4.98 Å². The van der Waals surface area contributed by atoms with E-state index in [2.05, 4.69) is 20.8 Å². The molecule has 2 aliphatic rings. The molecule has 5 heterocycles. The second kappa shape index (κ2) is 11.7. The molecule has 12 heteroatoms. The first-order valence-electron chi connectivity index (χ1n) is 14.8. The fourth-order valence-corrected chi connectivity index (χ4v) is 6.63. The van der Waals surface area contributed by atoms with Gasteiger partial charge in [0.05, 0.1) is 21.8 Å². The normalized spacial score (nSPS) is 16.6. The quantitative estimate of drug-likeness (QED) is 0.270. The van der Waals surface area contributed by atoms with Crippen molar-refractivity contribution in [3.63, 3.8) is 0 Å². The fourth-order valence-electron chi connectivity index (χ4n) is 6.09. The number of aromatic nitrogens is 5. The lowest BCUT2D eigenvalue weighted by atomic mass is 9.89. The summed E-state index contributed by atoms with van der Waals surface area (Å²) in [6.45, 7) is 2.47. The lowest BCUT2D eigenvalue weighted by Crippen LogP contribution is -2.47. The largest absolute Gasteiger partial charge is 0.489 e. The number of pyridine rings is 1. The Kier molecular flexibility index (Phi) is 7.39. The highest BCUT2D eigenvalue weighted by Crippen LogP contribution is 2.31. The summed E-state index contributed by atoms with van der Waals surface area (Å²) in [5.74, 6) is 0.245. The number of ether oxygens (including phenoxy) is 1. The van der Waals surface area contributed by atoms with E-state index in [9.17, 15) is 14.9 Å². The Hall–Kier alpha value is -4.89. The zero-order chi connectivity index (χ0) is 30.1. The van der Waals surface area contributed by atoms with Crippen LogP contribution in [0.4, 0.5) is 0 Å². The van der Waals surface area contributed by atoms with Gasteiger partial charge >= 0.3 is 0 Å². The van der Waals surface area contributed by atoms with Gasteiger partial charge in [-0.05, 0) is 78.8 Å². The summed E-state index contributed by atoms with van der Waals surface area (Å²) < 4.78 is 12.8. The fraction of sp³-hybridized carbons (Fsp3) is 0.344. The van der Waals surface area contributed by atoms with Gasteiger partial charge in [0.1, 0.15) is 23.6 Å². The molecule has 7 rings (SSSR count). The van der Waals surface area contributed by atoms with Gasteiger partial charge in [0, 0.05) is 56.8 Å². The summed E-state index contributed by atoms with van der Waals surface area (Å²) in [5.41, 5.74) is 2.23. The zero-order valence-electron chi connectivity index (χ0n) is 24.1. The molecule has 2 aromatic carbocycles. The molecule has 0 unspecified atom stereocenters. The molecule has 3 aromatic heterocycles. The number of carbonyl (C=O) groups is 2. The van der Waals surface area contributed by atoms with Crippen molar-refractivity contribution in [3.05, 3.63) is 77.7 Å². The van der Waals surface area contributed by atoms with Gasteiger partial charge in [0.15, 0.2) is 5.54 Å². The molecule has 0 aliphatic carbocycles. The first-order chi connectivity index (χ1) is 21.5. The third-order valence-corrected chi connectivity index (χ3v) is 9.32. The first kappa shape index (κ1) is 27.9. The Morgan fingerprint density at radius 3 is 2.55 bits per heavy atom. The minimum Gasteiger partial charge on any atom is -0.489 e. The van der Waals surface area contributed by atoms with E-state index >= 15 is 0 Å². The third-order valence-electron chi connectivity index (χ3n) is 8.62. The number of hydrogen-bond acceptors (Lipinski definition) is 9. The van der Waals surface area contributed by atoms with Gasteiger partial charge in [0.2, 0.25) is 0 Å². The number of nitrogens with zero attached hydrogens (tertiary/aromatic N) is 8. The van der Waals surface area contributed by atoms with Crippen molar-refractivity contribution in [1.82, 2.24) is 34.2 Å². The van der Waals surface area contributed by atoms with Gasteiger partial charge in [0.25, 0.3) is 11.8 Å². The summed E-state index contributed by atoms with van der Waals surface area (Å²) in [5, 5.41) is 19.0. The van der Waals surface area contributed by atoms with Crippen molar-refractivity contribution in [2.75, 3.05) is 26.2 Å². The Bertz CT molecular complexity index is 1880. The number of rotatable bonds is 6. The van der Waals surface area contributed by atoms with Gasteiger partial charge in [-0.15, -0.1) is 5.10 Å². The molecule has 44 heavy (non-hydrogen) atoms. The Balaban J connectivity index is 1.17. The third kappa shape index (κ3) is 5.24. The molecule has 0 N–H and O–H groups in total. The number of fused-ring (bicyclic) bond motifs is 2. The van der Waals surface area contributed by atoms with Crippen LogP contribution in [-0.4, -0.2) is 72.1 Å². The zero-order valence-corrected chi connectivity index (χ0v) is 24.9. The Morgan fingerprint density at radius 2 is 1.77 bits per heavy atom. The van der Waals surface area contributed by atoms with Crippen LogP contribution in [0, 0.1) is 11.3 Å². The molecule has 2 fully saturated rings. The van der Waals surface area contributed by atoms with Crippen LogP contribution in [0.25, 0.3) is 21.1 Å². The van der Waals surface area contributed by atoms with Crippen molar-refractivity contribution in [2.24, 2.45) is 0 Å². The van der Waals surface area contributed by atoms with E-state index in [0.29, 0.717) is 67.8 Å². The molecular formula is C32H30N8O3S. The summed E-state index contributed by atoms with van der Waals surface area (Å²) >= 11 is 1.35. The summed E-state index contributed by atoms with van der Waals surface area (Å²) in [6.07, 6.45) is 7.37. The number of amides is 2. The molecule has 2 aliphatic heterocycles. The number of carbonyl (C=O) groups excluding carboxylic acids is 2. The Labute approximate surface area is 257 Å². The predicted octanol–water partition coefficient (Wildman–Crippen LogP) is 4.80. The smallest absolute Gasteiger partial charge is 0.272 e. The maximum Gasteiger partial charge on any atom is 0.272 e. The summed E-state index contributed by atoms with van der Waals surface area (Å²) in [7, 11) is 0. The van der Waals surface area contributed by atoms with Gasteiger partial charge in [-0.3, -0.25) is 14.3 Å². The maximum atomic E-state index is 13.9. The van der Waals surface area contributed by atoms with Gasteiger partial charge in [-0.1, -0.05) is 10.6 Å². The van der Waals surface area contributed by atoms with Crippen molar-refractivity contribution in [1.29, 1.82) is 5.26 Å². The average Bonchev–Trinajstić information content (AvgIpc) is 3.80. The molecule has 11 nitrogen and oxygen atoms in total. The number of benzene rings is 2. The van der Waals surface area contributed by atoms with E-state index in [1.165, 1.54) is 11.5 Å². The monoisotopic (exact) mass is 606 g/mol. The SMILES string of the molecule is N#CC1(n2cccn2)CCN(C(=O)c2cc(C(=O)N3CCCCC3)c3cc(OCc4ccc5snnc5c4)ccc3n2)CC1. The van der Waals surface area contributed by atoms with Crippen molar-refractivity contribution in [3.8, 4) is 11.8 Å². The van der Waals surface area contributed by atoms with Gasteiger partial charge in [-0.2, -0.15) is 10.4 Å². The highest BCUT2D eigenvalue weighted by atomic mass is 32.1. The molecule has 0 spiro atoms. The number of hydrogen-bond donors (Lipinski definition) is 0. The maximum absolute atomic E-state index is 13.9. The van der Waals surface area contributed by atoms with Crippen LogP contribution in [0.5, 0.6) is 5.75 Å². The first-order valence-corrected chi connectivity index (χ1v) is 15.6. The van der Waals surface area contributed by atoms with Crippen molar-refractivity contribution in [2.45, 2.75) is 44.2 Å². The highest BCUT2D eigenvalue weighted by molar-refractivity contribution is 7.12. The molecule has 5 aromatic rings. The topological polar surface area (TPSA) is 130 Å². The van der Waals surface area contributed by atoms with E-state index in [1.54, 1.807) is 40.2 Å². The van der Waals surface area contributed by atoms with E-state index in [0.717, 1.165) is 35.0 Å². The molecule has 0 radical (unpaired) electrons. The second-order valence-corrected chi connectivity index (χ2v) is 12.1. The second-order valence-electron chi connectivity index (χ2n) is 11.3. The van der Waals surface area contributed by atoms with Crippen LogP contribution in [-0.2, 0) is 12.1 Å². The van der Waals surface area contributed by atoms with E-state index < -0.39 is 5.54 Å². The van der Waals surface area contributed by atoms with Crippen LogP contribution in [0.2, 0.25) is 0 Å². The minimum atomic E-state index is -0.786. The standard InChI is InChI=1S/C32H30N8O3S/c33-21-32(40-14-4-11-34-40)9-15-39(16-10-32)31(42)28-19-25(30(41)38-12-2-1-3-13-38)24-18-23(6-7-26(24)35-28)43-20-22-5-8-29-27(17-22)36-37-44-29/h4-8,11,14,17-19H,1-3,9-10,12-13,15-16,20H2. The molecule has 0 atom stereocenters. The molecule has 2 amide bonds. The number of piperidine rings is 2. The lowest BCUT2D eigenvalue weighted by Gasteiger charge is -2.37. The van der Waals surface area contributed by atoms with Gasteiger partial charge < -0.3 is 14.5 Å². The van der Waals surface area contributed by atoms with Crippen molar-refractivity contribution >= 4 is 44.5 Å². The minimum absolute atomic E-state index is 0.106. The van der Waals surface area contributed by atoms with E-state index in [-0.39, 0.29) is 17.5 Å². The van der Waals surface area contributed by atoms with Crippen molar-refractivity contribution < 1.29 is 14.3 Å². The average molecular weight is 607 g/mol.